The lowest BCUT2D eigenvalue weighted by atomic mass is 9.92. The van der Waals surface area contributed by atoms with Crippen molar-refractivity contribution in [3.63, 3.8) is 0 Å². The number of nitrogens with one attached hydrogen (secondary N) is 3. The molecule has 0 spiro atoms. The lowest BCUT2D eigenvalue weighted by molar-refractivity contribution is -0.115. The van der Waals surface area contributed by atoms with Crippen LogP contribution in [-0.4, -0.2) is 31.6 Å². The summed E-state index contributed by atoms with van der Waals surface area (Å²) in [6, 6.07) is 5.10. The first kappa shape index (κ1) is 18.9. The Balaban J connectivity index is 2.13. The van der Waals surface area contributed by atoms with Crippen molar-refractivity contribution in [3.05, 3.63) is 28.9 Å². The predicted molar refractivity (Wildman–Crippen MR) is 105 cm³/mol. The number of aromatic nitrogens is 4. The molecule has 0 bridgehead atoms. The molecular formula is C18H21ClN6O2. The molecule has 0 radical (unpaired) electrons. The van der Waals surface area contributed by atoms with Gasteiger partial charge in [0.25, 0.3) is 0 Å². The predicted octanol–water partition coefficient (Wildman–Crippen LogP) is 3.59. The van der Waals surface area contributed by atoms with Crippen molar-refractivity contribution in [2.45, 2.75) is 40.0 Å². The van der Waals surface area contributed by atoms with Crippen molar-refractivity contribution in [2.75, 3.05) is 10.6 Å². The largest absolute Gasteiger partial charge is 0.326 e. The van der Waals surface area contributed by atoms with Crippen molar-refractivity contribution >= 4 is 40.4 Å². The third kappa shape index (κ3) is 3.80. The molecule has 8 nitrogen and oxygen atoms in total. The number of amides is 2. The van der Waals surface area contributed by atoms with Crippen LogP contribution in [0.3, 0.4) is 0 Å². The van der Waals surface area contributed by atoms with Crippen LogP contribution in [0.2, 0.25) is 5.02 Å². The maximum atomic E-state index is 11.5. The van der Waals surface area contributed by atoms with E-state index in [1.807, 2.05) is 20.8 Å². The van der Waals surface area contributed by atoms with Crippen molar-refractivity contribution < 1.29 is 9.59 Å². The Morgan fingerprint density at radius 3 is 2.37 bits per heavy atom. The van der Waals surface area contributed by atoms with Gasteiger partial charge in [-0.3, -0.25) is 14.7 Å². The van der Waals surface area contributed by atoms with E-state index < -0.39 is 0 Å². The van der Waals surface area contributed by atoms with Crippen LogP contribution in [0.1, 0.15) is 40.3 Å². The van der Waals surface area contributed by atoms with Gasteiger partial charge in [0.1, 0.15) is 5.02 Å². The summed E-state index contributed by atoms with van der Waals surface area (Å²) < 4.78 is 1.51. The van der Waals surface area contributed by atoms with Gasteiger partial charge >= 0.3 is 0 Å². The van der Waals surface area contributed by atoms with Gasteiger partial charge in [-0.05, 0) is 18.2 Å². The van der Waals surface area contributed by atoms with E-state index in [0.717, 1.165) is 5.69 Å². The Morgan fingerprint density at radius 1 is 1.15 bits per heavy atom. The average molecular weight is 389 g/mol. The number of carbonyl (C=O) groups excluding carboxylic acids is 2. The second kappa shape index (κ2) is 6.70. The van der Waals surface area contributed by atoms with Gasteiger partial charge in [-0.15, -0.1) is 5.10 Å². The number of nitrogens with zero attached hydrogens (tertiary/aromatic N) is 3. The Bertz CT molecular complexity index is 1040. The third-order valence-corrected chi connectivity index (χ3v) is 4.24. The molecule has 142 valence electrons. The first-order valence-corrected chi connectivity index (χ1v) is 8.78. The highest BCUT2D eigenvalue weighted by molar-refractivity contribution is 6.34. The second-order valence-corrected chi connectivity index (χ2v) is 7.72. The summed E-state index contributed by atoms with van der Waals surface area (Å²) in [5.74, 6) is -0.0445. The van der Waals surface area contributed by atoms with Gasteiger partial charge in [-0.25, -0.2) is 4.98 Å². The average Bonchev–Trinajstić information content (AvgIpc) is 3.07. The Labute approximate surface area is 161 Å². The van der Waals surface area contributed by atoms with E-state index in [1.54, 1.807) is 18.2 Å². The lowest BCUT2D eigenvalue weighted by Crippen LogP contribution is -2.13. The van der Waals surface area contributed by atoms with Crippen molar-refractivity contribution in [2.24, 2.45) is 0 Å². The number of benzene rings is 1. The van der Waals surface area contributed by atoms with Gasteiger partial charge in [0.05, 0.1) is 11.4 Å². The van der Waals surface area contributed by atoms with Gasteiger partial charge in [0.15, 0.2) is 11.5 Å². The van der Waals surface area contributed by atoms with E-state index in [1.165, 1.54) is 18.5 Å². The fourth-order valence-electron chi connectivity index (χ4n) is 2.72. The minimum absolute atomic E-state index is 0.188. The van der Waals surface area contributed by atoms with Crippen molar-refractivity contribution in [3.8, 4) is 11.4 Å². The quantitative estimate of drug-likeness (QED) is 0.637. The van der Waals surface area contributed by atoms with Gasteiger partial charge in [0.2, 0.25) is 11.8 Å². The zero-order valence-corrected chi connectivity index (χ0v) is 16.5. The Hall–Kier alpha value is -2.87. The number of fused-ring (bicyclic) bond motifs is 1. The zero-order chi connectivity index (χ0) is 19.9. The minimum Gasteiger partial charge on any atom is -0.326 e. The van der Waals surface area contributed by atoms with Crippen molar-refractivity contribution in [1.29, 1.82) is 0 Å². The second-order valence-electron chi connectivity index (χ2n) is 7.34. The molecule has 0 aliphatic rings. The topological polar surface area (TPSA) is 104 Å². The molecule has 27 heavy (non-hydrogen) atoms. The first-order valence-electron chi connectivity index (χ1n) is 8.40. The summed E-state index contributed by atoms with van der Waals surface area (Å²) >= 11 is 6.49. The van der Waals surface area contributed by atoms with E-state index in [4.69, 9.17) is 11.6 Å². The van der Waals surface area contributed by atoms with Crippen LogP contribution in [0.25, 0.3) is 17.0 Å². The molecule has 0 saturated carbocycles. The van der Waals surface area contributed by atoms with Crippen LogP contribution in [0.4, 0.5) is 11.4 Å². The Morgan fingerprint density at radius 2 is 1.81 bits per heavy atom. The molecule has 2 amide bonds. The third-order valence-electron chi connectivity index (χ3n) is 3.88. The molecule has 1 aromatic carbocycles. The number of carbonyl (C=O) groups is 2. The van der Waals surface area contributed by atoms with Gasteiger partial charge in [-0.1, -0.05) is 32.4 Å². The van der Waals surface area contributed by atoms with Crippen molar-refractivity contribution in [1.82, 2.24) is 19.8 Å². The summed E-state index contributed by atoms with van der Waals surface area (Å²) in [5.41, 5.74) is 2.83. The summed E-state index contributed by atoms with van der Waals surface area (Å²) in [5, 5.41) is 13.6. The van der Waals surface area contributed by atoms with Gasteiger partial charge in [0, 0.05) is 30.5 Å². The molecule has 0 aliphatic heterocycles. The summed E-state index contributed by atoms with van der Waals surface area (Å²) in [6.45, 7) is 8.96. The minimum atomic E-state index is -0.221. The molecule has 3 aromatic rings. The molecule has 0 unspecified atom stereocenters. The molecule has 0 aliphatic carbocycles. The van der Waals surface area contributed by atoms with E-state index in [2.05, 4.69) is 25.8 Å². The number of hydrogen-bond acceptors (Lipinski definition) is 4. The molecule has 2 heterocycles. The fraction of sp³-hybridized carbons (Fsp3) is 0.333. The van der Waals surface area contributed by atoms with Crippen LogP contribution in [0.5, 0.6) is 0 Å². The highest BCUT2D eigenvalue weighted by Gasteiger charge is 2.25. The van der Waals surface area contributed by atoms with E-state index in [0.29, 0.717) is 33.4 Å². The maximum Gasteiger partial charge on any atom is 0.221 e. The first-order chi connectivity index (χ1) is 12.6. The monoisotopic (exact) mass is 388 g/mol. The van der Waals surface area contributed by atoms with Crippen LogP contribution in [0.15, 0.2) is 18.2 Å². The number of H-pyrrole nitrogens is 1. The van der Waals surface area contributed by atoms with E-state index >= 15 is 0 Å². The van der Waals surface area contributed by atoms with E-state index in [-0.39, 0.29) is 17.2 Å². The van der Waals surface area contributed by atoms with Gasteiger partial charge in [-0.2, -0.15) is 4.63 Å². The zero-order valence-electron chi connectivity index (χ0n) is 15.8. The normalized spacial score (nSPS) is 11.6. The van der Waals surface area contributed by atoms with Crippen LogP contribution >= 0.6 is 11.6 Å². The van der Waals surface area contributed by atoms with Gasteiger partial charge < -0.3 is 10.6 Å². The molecule has 0 fully saturated rings. The number of anilines is 2. The molecule has 3 N–H and O–H groups in total. The van der Waals surface area contributed by atoms with Crippen LogP contribution in [0, 0.1) is 0 Å². The summed E-state index contributed by atoms with van der Waals surface area (Å²) in [7, 11) is 0. The molecule has 9 heteroatoms. The Kier molecular flexibility index (Phi) is 4.69. The summed E-state index contributed by atoms with van der Waals surface area (Å²) in [6.07, 6.45) is 0. The molecule has 0 atom stereocenters. The lowest BCUT2D eigenvalue weighted by Gasteiger charge is -2.16. The molecule has 2 aromatic heterocycles. The highest BCUT2D eigenvalue weighted by Crippen LogP contribution is 2.34. The number of hydrogen-bond donors (Lipinski definition) is 3. The summed E-state index contributed by atoms with van der Waals surface area (Å²) in [4.78, 5) is 27.4. The number of halogens is 1. The number of rotatable bonds is 3. The fourth-order valence-corrected chi connectivity index (χ4v) is 3.17. The smallest absolute Gasteiger partial charge is 0.221 e. The van der Waals surface area contributed by atoms with E-state index in [9.17, 15) is 9.59 Å². The number of aromatic amines is 1. The standard InChI is InChI=1S/C18H21ClN6O2/c1-9(26)20-11-6-7-13(21-10(2)27)12(8-11)16-22-17-14(19)15(18(3,4)5)23-25(17)24-16/h6-8,23H,1-5H3,(H,20,26)(H,21,27). The maximum absolute atomic E-state index is 11.5. The highest BCUT2D eigenvalue weighted by atomic mass is 35.5. The van der Waals surface area contributed by atoms with Crippen LogP contribution in [-0.2, 0) is 15.0 Å². The SMILES string of the molecule is CC(=O)Nc1ccc(NC(C)=O)c(-c2nc3c(Cl)c(C(C)(C)C)[nH]n3n2)c1. The molecule has 3 rings (SSSR count). The molecule has 0 saturated heterocycles. The molecular weight excluding hydrogens is 368 g/mol. The van der Waals surface area contributed by atoms with Crippen LogP contribution < -0.4 is 10.6 Å².